The Morgan fingerprint density at radius 2 is 2.03 bits per heavy atom. The van der Waals surface area contributed by atoms with Gasteiger partial charge in [0.05, 0.1) is 12.7 Å². The normalized spacial score (nSPS) is 26.4. The standard InChI is InChI=1S/C30H38N2O4/c1-5-17-32-18-16-29(24-9-7-10-26(33)20-24)21-25(14-15-30(29,22-32)36-4)31(2)28(34)13-12-23-8-6-11-27(19-23)35-3/h5-13,19-20,25,33H,1,14-18,21-22H2,2-4H3/b13-12+. The maximum absolute atomic E-state index is 13.2. The summed E-state index contributed by atoms with van der Waals surface area (Å²) in [5.41, 5.74) is 1.29. The van der Waals surface area contributed by atoms with Gasteiger partial charge in [-0.2, -0.15) is 0 Å². The van der Waals surface area contributed by atoms with Crippen molar-refractivity contribution in [2.45, 2.75) is 42.7 Å². The highest BCUT2D eigenvalue weighted by Gasteiger charge is 2.59. The zero-order valence-corrected chi connectivity index (χ0v) is 21.7. The molecule has 1 amide bonds. The maximum atomic E-state index is 13.2. The number of carbonyl (C=O) groups excluding carboxylic acids is 1. The zero-order valence-electron chi connectivity index (χ0n) is 21.7. The van der Waals surface area contributed by atoms with Crippen LogP contribution in [0.4, 0.5) is 0 Å². The number of hydrogen-bond acceptors (Lipinski definition) is 5. The number of hydrogen-bond donors (Lipinski definition) is 1. The molecule has 1 aliphatic heterocycles. The summed E-state index contributed by atoms with van der Waals surface area (Å²) < 4.78 is 11.7. The lowest BCUT2D eigenvalue weighted by Crippen LogP contribution is -2.67. The lowest BCUT2D eigenvalue weighted by molar-refractivity contribution is -0.157. The van der Waals surface area contributed by atoms with Gasteiger partial charge in [-0.3, -0.25) is 9.69 Å². The average Bonchev–Trinajstić information content (AvgIpc) is 2.91. The van der Waals surface area contributed by atoms with E-state index in [4.69, 9.17) is 9.47 Å². The molecular weight excluding hydrogens is 452 g/mol. The van der Waals surface area contributed by atoms with Crippen LogP contribution in [0.5, 0.6) is 11.5 Å². The first-order chi connectivity index (χ1) is 17.4. The Bertz CT molecular complexity index is 1120. The highest BCUT2D eigenvalue weighted by Crippen LogP contribution is 2.54. The van der Waals surface area contributed by atoms with Crippen LogP contribution in [0.1, 0.15) is 36.8 Å². The van der Waals surface area contributed by atoms with Crippen LogP contribution in [0, 0.1) is 0 Å². The number of rotatable bonds is 8. The van der Waals surface area contributed by atoms with Crippen molar-refractivity contribution in [3.63, 3.8) is 0 Å². The molecule has 4 rings (SSSR count). The Hall–Kier alpha value is -3.09. The van der Waals surface area contributed by atoms with Gasteiger partial charge < -0.3 is 19.5 Å². The molecule has 1 saturated heterocycles. The Morgan fingerprint density at radius 1 is 1.22 bits per heavy atom. The molecule has 6 nitrogen and oxygen atoms in total. The molecule has 0 radical (unpaired) electrons. The topological polar surface area (TPSA) is 62.2 Å². The fourth-order valence-corrected chi connectivity index (χ4v) is 6.25. The van der Waals surface area contributed by atoms with Crippen LogP contribution in [-0.2, 0) is 14.9 Å². The summed E-state index contributed by atoms with van der Waals surface area (Å²) in [5.74, 6) is 0.994. The molecule has 3 unspecified atom stereocenters. The summed E-state index contributed by atoms with van der Waals surface area (Å²) >= 11 is 0. The van der Waals surface area contributed by atoms with Crippen LogP contribution in [0.2, 0.25) is 0 Å². The minimum Gasteiger partial charge on any atom is -0.508 e. The van der Waals surface area contributed by atoms with Crippen molar-refractivity contribution in [3.8, 4) is 11.5 Å². The molecule has 2 fully saturated rings. The molecule has 2 aromatic carbocycles. The Morgan fingerprint density at radius 3 is 2.75 bits per heavy atom. The Kier molecular flexibility index (Phi) is 7.86. The van der Waals surface area contributed by atoms with Gasteiger partial charge in [-0.05, 0) is 73.7 Å². The predicted octanol–water partition coefficient (Wildman–Crippen LogP) is 4.64. The first-order valence-electron chi connectivity index (χ1n) is 12.6. The number of methoxy groups -OCH3 is 2. The summed E-state index contributed by atoms with van der Waals surface area (Å²) in [5, 5.41) is 10.4. The lowest BCUT2D eigenvalue weighted by atomic mass is 9.55. The number of likely N-dealkylation sites (tertiary alicyclic amines) is 1. The van der Waals surface area contributed by atoms with Gasteiger partial charge in [0.1, 0.15) is 11.5 Å². The van der Waals surface area contributed by atoms with Gasteiger partial charge >= 0.3 is 0 Å². The first-order valence-corrected chi connectivity index (χ1v) is 12.6. The number of benzene rings is 2. The summed E-state index contributed by atoms with van der Waals surface area (Å²) in [4.78, 5) is 17.5. The minimum atomic E-state index is -0.404. The van der Waals surface area contributed by atoms with Crippen molar-refractivity contribution in [3.05, 3.63) is 78.4 Å². The SMILES string of the molecule is C=CCN1CCC2(c3cccc(O)c3)CC(N(C)C(=O)/C=C/c3cccc(OC)c3)CCC2(OC)C1. The van der Waals surface area contributed by atoms with Crippen LogP contribution in [0.3, 0.4) is 0 Å². The average molecular weight is 491 g/mol. The number of carbonyl (C=O) groups is 1. The molecule has 1 heterocycles. The van der Waals surface area contributed by atoms with Crippen LogP contribution in [0.25, 0.3) is 6.08 Å². The third-order valence-corrected chi connectivity index (χ3v) is 8.26. The number of ether oxygens (including phenoxy) is 2. The van der Waals surface area contributed by atoms with Crippen molar-refractivity contribution in [2.24, 2.45) is 0 Å². The number of aromatic hydroxyl groups is 1. The van der Waals surface area contributed by atoms with Crippen LogP contribution >= 0.6 is 0 Å². The number of phenols is 1. The molecule has 1 aliphatic carbocycles. The van der Waals surface area contributed by atoms with E-state index < -0.39 is 5.60 Å². The van der Waals surface area contributed by atoms with Gasteiger partial charge in [-0.15, -0.1) is 6.58 Å². The number of amides is 1. The van der Waals surface area contributed by atoms with Gasteiger partial charge in [0.2, 0.25) is 5.91 Å². The summed E-state index contributed by atoms with van der Waals surface area (Å²) in [7, 11) is 5.34. The molecule has 1 N–H and O–H groups in total. The van der Waals surface area contributed by atoms with Gasteiger partial charge in [0, 0.05) is 44.8 Å². The van der Waals surface area contributed by atoms with Crippen molar-refractivity contribution < 1.29 is 19.4 Å². The molecule has 192 valence electrons. The van der Waals surface area contributed by atoms with E-state index in [1.165, 1.54) is 0 Å². The van der Waals surface area contributed by atoms with Crippen LogP contribution < -0.4 is 4.74 Å². The molecule has 1 saturated carbocycles. The quantitative estimate of drug-likeness (QED) is 0.432. The van der Waals surface area contributed by atoms with E-state index in [-0.39, 0.29) is 23.1 Å². The van der Waals surface area contributed by atoms with Crippen LogP contribution in [-0.4, -0.2) is 73.4 Å². The monoisotopic (exact) mass is 490 g/mol. The van der Waals surface area contributed by atoms with E-state index in [0.717, 1.165) is 62.2 Å². The second kappa shape index (κ2) is 10.9. The van der Waals surface area contributed by atoms with Gasteiger partial charge in [-0.1, -0.05) is 30.3 Å². The van der Waals surface area contributed by atoms with Crippen molar-refractivity contribution in [1.82, 2.24) is 9.80 Å². The maximum Gasteiger partial charge on any atom is 0.246 e. The van der Waals surface area contributed by atoms with Gasteiger partial charge in [0.15, 0.2) is 0 Å². The van der Waals surface area contributed by atoms with Crippen molar-refractivity contribution >= 4 is 12.0 Å². The molecule has 2 aromatic rings. The number of piperidine rings is 1. The first kappa shape index (κ1) is 26.0. The third kappa shape index (κ3) is 4.93. The van der Waals surface area contributed by atoms with Crippen molar-refractivity contribution in [1.29, 1.82) is 0 Å². The Labute approximate surface area is 214 Å². The Balaban J connectivity index is 1.61. The molecule has 6 heteroatoms. The van der Waals surface area contributed by atoms with E-state index in [0.29, 0.717) is 0 Å². The largest absolute Gasteiger partial charge is 0.508 e. The number of phenolic OH excluding ortho intramolecular Hbond substituents is 1. The second-order valence-electron chi connectivity index (χ2n) is 10.1. The molecular formula is C30H38N2O4. The van der Waals surface area contributed by atoms with Crippen molar-refractivity contribution in [2.75, 3.05) is 40.9 Å². The number of fused-ring (bicyclic) bond motifs is 1. The second-order valence-corrected chi connectivity index (χ2v) is 10.1. The van der Waals surface area contributed by atoms with E-state index in [2.05, 4.69) is 17.5 Å². The van der Waals surface area contributed by atoms with Gasteiger partial charge in [-0.25, -0.2) is 0 Å². The smallest absolute Gasteiger partial charge is 0.246 e. The van der Waals surface area contributed by atoms with E-state index in [1.54, 1.807) is 26.4 Å². The molecule has 2 aliphatic rings. The predicted molar refractivity (Wildman–Crippen MR) is 143 cm³/mol. The van der Waals surface area contributed by atoms with E-state index in [9.17, 15) is 9.90 Å². The fourth-order valence-electron chi connectivity index (χ4n) is 6.25. The molecule has 36 heavy (non-hydrogen) atoms. The highest BCUT2D eigenvalue weighted by atomic mass is 16.5. The summed E-state index contributed by atoms with van der Waals surface area (Å²) in [6.07, 6.45) is 8.76. The minimum absolute atomic E-state index is 0.0251. The molecule has 0 aromatic heterocycles. The number of nitrogens with zero attached hydrogens (tertiary/aromatic N) is 2. The summed E-state index contributed by atoms with van der Waals surface area (Å²) in [6.45, 7) is 6.45. The molecule has 3 atom stereocenters. The number of likely N-dealkylation sites (N-methyl/N-ethyl adjacent to an activating group) is 1. The summed E-state index contributed by atoms with van der Waals surface area (Å²) in [6, 6.07) is 15.3. The fraction of sp³-hybridized carbons (Fsp3) is 0.433. The zero-order chi connectivity index (χ0) is 25.8. The lowest BCUT2D eigenvalue weighted by Gasteiger charge is -2.60. The highest BCUT2D eigenvalue weighted by molar-refractivity contribution is 5.91. The van der Waals surface area contributed by atoms with Crippen LogP contribution in [0.15, 0.2) is 67.3 Å². The molecule has 0 bridgehead atoms. The molecule has 0 spiro atoms. The van der Waals surface area contributed by atoms with Gasteiger partial charge in [0.25, 0.3) is 0 Å². The van der Waals surface area contributed by atoms with E-state index >= 15 is 0 Å². The third-order valence-electron chi connectivity index (χ3n) is 8.26. The van der Waals surface area contributed by atoms with E-state index in [1.807, 2.05) is 60.5 Å².